The van der Waals surface area contributed by atoms with Crippen LogP contribution in [0.5, 0.6) is 11.5 Å². The molecule has 0 unspecified atom stereocenters. The predicted molar refractivity (Wildman–Crippen MR) is 66.0 cm³/mol. The minimum atomic E-state index is -0.852. The fraction of sp³-hybridized carbons (Fsp3) is 0.462. The van der Waals surface area contributed by atoms with Gasteiger partial charge in [0, 0.05) is 6.42 Å². The van der Waals surface area contributed by atoms with E-state index in [4.69, 9.17) is 14.6 Å². The lowest BCUT2D eigenvalue weighted by atomic mass is 10.0. The van der Waals surface area contributed by atoms with Crippen molar-refractivity contribution in [2.45, 2.75) is 25.4 Å². The molecular weight excluding hydrogens is 236 g/mol. The van der Waals surface area contributed by atoms with Crippen LogP contribution in [0.1, 0.15) is 30.9 Å². The Kier molecular flexibility index (Phi) is 5.45. The molecule has 0 spiro atoms. The van der Waals surface area contributed by atoms with Crippen molar-refractivity contribution in [3.05, 3.63) is 23.8 Å². The second kappa shape index (κ2) is 6.86. The highest BCUT2D eigenvalue weighted by Gasteiger charge is 2.12. The van der Waals surface area contributed by atoms with Crippen molar-refractivity contribution in [2.24, 2.45) is 0 Å². The van der Waals surface area contributed by atoms with Gasteiger partial charge in [-0.3, -0.25) is 4.79 Å². The van der Waals surface area contributed by atoms with Crippen LogP contribution in [-0.4, -0.2) is 30.4 Å². The van der Waals surface area contributed by atoms with Crippen molar-refractivity contribution >= 4 is 5.97 Å². The predicted octanol–water partition coefficient (Wildman–Crippen LogP) is 1.99. The molecule has 1 rings (SSSR count). The fourth-order valence-electron chi connectivity index (χ4n) is 1.67. The third-order valence-corrected chi connectivity index (χ3v) is 2.66. The van der Waals surface area contributed by atoms with E-state index in [0.29, 0.717) is 29.9 Å². The number of carbonyl (C=O) groups is 1. The van der Waals surface area contributed by atoms with Gasteiger partial charge in [-0.15, -0.1) is 0 Å². The average molecular weight is 254 g/mol. The number of carboxylic acids is 1. The number of aliphatic hydroxyl groups is 1. The van der Waals surface area contributed by atoms with Crippen LogP contribution in [0.25, 0.3) is 0 Å². The summed E-state index contributed by atoms with van der Waals surface area (Å²) in [5.74, 6) is 0.292. The van der Waals surface area contributed by atoms with E-state index >= 15 is 0 Å². The van der Waals surface area contributed by atoms with E-state index in [9.17, 15) is 9.90 Å². The zero-order valence-electron chi connectivity index (χ0n) is 10.5. The number of aliphatic hydroxyl groups excluding tert-OH is 1. The number of hydrogen-bond donors (Lipinski definition) is 2. The topological polar surface area (TPSA) is 76.0 Å². The third-order valence-electron chi connectivity index (χ3n) is 2.66. The zero-order valence-corrected chi connectivity index (χ0v) is 10.5. The molecule has 0 fully saturated rings. The molecule has 1 atom stereocenters. The molecule has 0 aromatic heterocycles. The Labute approximate surface area is 106 Å². The fourth-order valence-corrected chi connectivity index (χ4v) is 1.67. The molecule has 18 heavy (non-hydrogen) atoms. The van der Waals surface area contributed by atoms with Gasteiger partial charge in [-0.1, -0.05) is 6.07 Å². The normalized spacial score (nSPS) is 11.9. The highest BCUT2D eigenvalue weighted by Crippen LogP contribution is 2.31. The second-order valence-corrected chi connectivity index (χ2v) is 3.92. The first kappa shape index (κ1) is 14.3. The first-order chi connectivity index (χ1) is 8.58. The number of ether oxygens (including phenoxy) is 2. The Morgan fingerprint density at radius 1 is 1.28 bits per heavy atom. The SMILES string of the molecule is COc1ccc([C@H](O)CCCC(=O)O)cc1OC. The van der Waals surface area contributed by atoms with Gasteiger partial charge >= 0.3 is 5.97 Å². The molecule has 0 aliphatic heterocycles. The molecule has 0 saturated carbocycles. The molecule has 0 radical (unpaired) electrons. The number of rotatable bonds is 7. The number of benzene rings is 1. The van der Waals surface area contributed by atoms with Crippen molar-refractivity contribution in [1.82, 2.24) is 0 Å². The Balaban J connectivity index is 2.67. The van der Waals surface area contributed by atoms with E-state index in [-0.39, 0.29) is 6.42 Å². The largest absolute Gasteiger partial charge is 0.493 e. The van der Waals surface area contributed by atoms with Gasteiger partial charge < -0.3 is 19.7 Å². The molecule has 5 heteroatoms. The van der Waals surface area contributed by atoms with E-state index in [1.54, 1.807) is 25.3 Å². The van der Waals surface area contributed by atoms with Gasteiger partial charge in [0.05, 0.1) is 20.3 Å². The number of aliphatic carboxylic acids is 1. The summed E-state index contributed by atoms with van der Waals surface area (Å²) in [5, 5.41) is 18.5. The molecule has 1 aromatic carbocycles. The third kappa shape index (κ3) is 3.92. The van der Waals surface area contributed by atoms with Crippen LogP contribution in [-0.2, 0) is 4.79 Å². The van der Waals surface area contributed by atoms with Crippen LogP contribution in [0.4, 0.5) is 0 Å². The summed E-state index contributed by atoms with van der Waals surface area (Å²) in [4.78, 5) is 10.4. The Bertz CT molecular complexity index is 402. The van der Waals surface area contributed by atoms with Crippen LogP contribution in [0.2, 0.25) is 0 Å². The van der Waals surface area contributed by atoms with Crippen LogP contribution in [0.15, 0.2) is 18.2 Å². The smallest absolute Gasteiger partial charge is 0.303 e. The molecule has 0 aliphatic carbocycles. The summed E-state index contributed by atoms with van der Waals surface area (Å²) in [6, 6.07) is 5.16. The molecule has 5 nitrogen and oxygen atoms in total. The summed E-state index contributed by atoms with van der Waals surface area (Å²) < 4.78 is 10.2. The van der Waals surface area contributed by atoms with E-state index < -0.39 is 12.1 Å². The van der Waals surface area contributed by atoms with Crippen LogP contribution in [0.3, 0.4) is 0 Å². The number of methoxy groups -OCH3 is 2. The zero-order chi connectivity index (χ0) is 13.5. The van der Waals surface area contributed by atoms with Gasteiger partial charge in [-0.25, -0.2) is 0 Å². The van der Waals surface area contributed by atoms with Crippen LogP contribution in [0, 0.1) is 0 Å². The molecule has 2 N–H and O–H groups in total. The minimum Gasteiger partial charge on any atom is -0.493 e. The quantitative estimate of drug-likeness (QED) is 0.778. The van der Waals surface area contributed by atoms with E-state index in [1.807, 2.05) is 0 Å². The highest BCUT2D eigenvalue weighted by atomic mass is 16.5. The highest BCUT2D eigenvalue weighted by molar-refractivity contribution is 5.66. The van der Waals surface area contributed by atoms with E-state index in [2.05, 4.69) is 0 Å². The molecule has 100 valence electrons. The summed E-state index contributed by atoms with van der Waals surface area (Å²) in [6.45, 7) is 0. The van der Waals surface area contributed by atoms with Crippen molar-refractivity contribution in [3.63, 3.8) is 0 Å². The molecule has 0 amide bonds. The van der Waals surface area contributed by atoms with Crippen LogP contribution < -0.4 is 9.47 Å². The molecular formula is C13H18O5. The molecule has 1 aromatic rings. The minimum absolute atomic E-state index is 0.0599. The van der Waals surface area contributed by atoms with Gasteiger partial charge in [0.25, 0.3) is 0 Å². The molecule has 0 aliphatic rings. The molecule has 0 heterocycles. The maximum Gasteiger partial charge on any atom is 0.303 e. The first-order valence-electron chi connectivity index (χ1n) is 5.70. The van der Waals surface area contributed by atoms with Gasteiger partial charge in [0.1, 0.15) is 0 Å². The average Bonchev–Trinajstić information content (AvgIpc) is 2.37. The van der Waals surface area contributed by atoms with Gasteiger partial charge in [0.2, 0.25) is 0 Å². The maximum atomic E-state index is 10.4. The summed E-state index contributed by atoms with van der Waals surface area (Å²) in [6.07, 6.45) is 0.209. The van der Waals surface area contributed by atoms with Crippen molar-refractivity contribution < 1.29 is 24.5 Å². The van der Waals surface area contributed by atoms with Crippen molar-refractivity contribution in [3.8, 4) is 11.5 Å². The number of hydrogen-bond acceptors (Lipinski definition) is 4. The van der Waals surface area contributed by atoms with E-state index in [1.165, 1.54) is 7.11 Å². The lowest BCUT2D eigenvalue weighted by Crippen LogP contribution is -2.01. The monoisotopic (exact) mass is 254 g/mol. The number of carboxylic acid groups (broad SMARTS) is 1. The van der Waals surface area contributed by atoms with Crippen LogP contribution >= 0.6 is 0 Å². The summed E-state index contributed by atoms with van der Waals surface area (Å²) >= 11 is 0. The first-order valence-corrected chi connectivity index (χ1v) is 5.70. The lowest BCUT2D eigenvalue weighted by Gasteiger charge is -2.13. The summed E-state index contributed by atoms with van der Waals surface area (Å²) in [5.41, 5.74) is 0.693. The van der Waals surface area contributed by atoms with Gasteiger partial charge in [-0.2, -0.15) is 0 Å². The van der Waals surface area contributed by atoms with Gasteiger partial charge in [-0.05, 0) is 30.5 Å². The molecule has 0 bridgehead atoms. The van der Waals surface area contributed by atoms with Crippen molar-refractivity contribution in [1.29, 1.82) is 0 Å². The Morgan fingerprint density at radius 2 is 1.94 bits per heavy atom. The molecule has 0 saturated heterocycles. The van der Waals surface area contributed by atoms with Gasteiger partial charge in [0.15, 0.2) is 11.5 Å². The Morgan fingerprint density at radius 3 is 2.50 bits per heavy atom. The maximum absolute atomic E-state index is 10.4. The van der Waals surface area contributed by atoms with E-state index in [0.717, 1.165) is 0 Å². The van der Waals surface area contributed by atoms with Crippen molar-refractivity contribution in [2.75, 3.05) is 14.2 Å². The summed E-state index contributed by atoms with van der Waals surface area (Å²) in [7, 11) is 3.07. The standard InChI is InChI=1S/C13H18O5/c1-17-11-7-6-9(8-12(11)18-2)10(14)4-3-5-13(15)16/h6-8,10,14H,3-5H2,1-2H3,(H,15,16)/t10-/m1/s1. The lowest BCUT2D eigenvalue weighted by molar-refractivity contribution is -0.137. The second-order valence-electron chi connectivity index (χ2n) is 3.92. The Hall–Kier alpha value is -1.75.